The molecule has 0 unspecified atom stereocenters. The summed E-state index contributed by atoms with van der Waals surface area (Å²) in [5.74, 6) is 1.18. The molecule has 2 aromatic rings. The molecule has 0 aromatic heterocycles. The Morgan fingerprint density at radius 3 is 2.52 bits per heavy atom. The molecular formula is C22H24F3NO5. The molecule has 0 radical (unpaired) electrons. The van der Waals surface area contributed by atoms with Crippen LogP contribution in [0.3, 0.4) is 0 Å². The molecule has 1 saturated heterocycles. The Hall–Kier alpha value is -2.94. The lowest BCUT2D eigenvalue weighted by Gasteiger charge is -2.36. The second-order valence-electron chi connectivity index (χ2n) is 7.24. The average Bonchev–Trinajstić information content (AvgIpc) is 2.74. The summed E-state index contributed by atoms with van der Waals surface area (Å²) in [6.07, 6.45) is -5.72. The first-order chi connectivity index (χ1) is 14.7. The van der Waals surface area contributed by atoms with Crippen molar-refractivity contribution in [2.75, 3.05) is 27.3 Å². The highest BCUT2D eigenvalue weighted by Gasteiger charge is 2.33. The number of likely N-dealkylation sites (tertiary alicyclic amines) is 1. The van der Waals surface area contributed by atoms with Gasteiger partial charge in [0.15, 0.2) is 11.5 Å². The van der Waals surface area contributed by atoms with Gasteiger partial charge in [0.05, 0.1) is 32.7 Å². The minimum atomic E-state index is -4.46. The zero-order valence-electron chi connectivity index (χ0n) is 17.2. The number of piperidine rings is 1. The molecule has 1 N–H and O–H groups in total. The maximum Gasteiger partial charge on any atom is 0.416 e. The molecule has 3 rings (SSSR count). The third-order valence-electron chi connectivity index (χ3n) is 5.12. The molecule has 9 heteroatoms. The quantitative estimate of drug-likeness (QED) is 0.748. The van der Waals surface area contributed by atoms with Crippen LogP contribution in [0.25, 0.3) is 0 Å². The Balaban J connectivity index is 1.59. The van der Waals surface area contributed by atoms with E-state index in [0.29, 0.717) is 30.2 Å². The van der Waals surface area contributed by atoms with Crippen LogP contribution in [0.4, 0.5) is 13.2 Å². The normalized spacial score (nSPS) is 19.1. The number of aliphatic hydroxyl groups excluding tert-OH is 1. The van der Waals surface area contributed by atoms with E-state index in [2.05, 4.69) is 0 Å². The number of methoxy groups -OCH3 is 2. The third kappa shape index (κ3) is 5.61. The maximum atomic E-state index is 12.9. The number of benzene rings is 2. The standard InChI is InChI=1S/C22H24F3NO5/c1-29-19-7-6-16(12-20(19)30-2)31-18-8-9-26(13-17(18)27)21(28)11-14-4-3-5-15(10-14)22(23,24)25/h3-7,10,12,17-18,27H,8-9,11,13H2,1-2H3/t17-,18-/m1/s1. The number of alkyl halides is 3. The van der Waals surface area contributed by atoms with Gasteiger partial charge in [-0.25, -0.2) is 0 Å². The molecule has 2 aromatic carbocycles. The number of nitrogens with zero attached hydrogens (tertiary/aromatic N) is 1. The number of carbonyl (C=O) groups excluding carboxylic acids is 1. The van der Waals surface area contributed by atoms with E-state index in [0.717, 1.165) is 12.1 Å². The molecule has 0 bridgehead atoms. The molecular weight excluding hydrogens is 415 g/mol. The lowest BCUT2D eigenvalue weighted by atomic mass is 10.0. The van der Waals surface area contributed by atoms with Crippen LogP contribution in [0, 0.1) is 0 Å². The smallest absolute Gasteiger partial charge is 0.416 e. The van der Waals surface area contributed by atoms with Crippen molar-refractivity contribution in [2.24, 2.45) is 0 Å². The number of amides is 1. The van der Waals surface area contributed by atoms with E-state index in [4.69, 9.17) is 14.2 Å². The molecule has 1 fully saturated rings. The molecule has 1 aliphatic rings. The fraction of sp³-hybridized carbons (Fsp3) is 0.409. The van der Waals surface area contributed by atoms with Crippen molar-refractivity contribution in [1.29, 1.82) is 0 Å². The van der Waals surface area contributed by atoms with E-state index < -0.39 is 23.9 Å². The van der Waals surface area contributed by atoms with Gasteiger partial charge in [-0.1, -0.05) is 18.2 Å². The van der Waals surface area contributed by atoms with Gasteiger partial charge in [0.25, 0.3) is 0 Å². The summed E-state index contributed by atoms with van der Waals surface area (Å²) in [6, 6.07) is 9.74. The monoisotopic (exact) mass is 439 g/mol. The Labute approximate surface area is 178 Å². The summed E-state index contributed by atoms with van der Waals surface area (Å²) in [5, 5.41) is 10.5. The van der Waals surface area contributed by atoms with Crippen LogP contribution in [0.5, 0.6) is 17.2 Å². The summed E-state index contributed by atoms with van der Waals surface area (Å²) in [4.78, 5) is 14.0. The van der Waals surface area contributed by atoms with Gasteiger partial charge in [-0.3, -0.25) is 4.79 Å². The molecule has 168 valence electrons. The number of carbonyl (C=O) groups is 1. The van der Waals surface area contributed by atoms with Crippen molar-refractivity contribution in [3.63, 3.8) is 0 Å². The van der Waals surface area contributed by atoms with Crippen LogP contribution < -0.4 is 14.2 Å². The number of ether oxygens (including phenoxy) is 3. The van der Waals surface area contributed by atoms with Crippen molar-refractivity contribution in [3.05, 3.63) is 53.6 Å². The van der Waals surface area contributed by atoms with Crippen LogP contribution in [0.1, 0.15) is 17.5 Å². The average molecular weight is 439 g/mol. The summed E-state index contributed by atoms with van der Waals surface area (Å²) in [5.41, 5.74) is -0.516. The van der Waals surface area contributed by atoms with E-state index in [9.17, 15) is 23.1 Å². The molecule has 2 atom stereocenters. The van der Waals surface area contributed by atoms with E-state index in [1.807, 2.05) is 0 Å². The van der Waals surface area contributed by atoms with Gasteiger partial charge in [-0.15, -0.1) is 0 Å². The lowest BCUT2D eigenvalue weighted by molar-refractivity contribution is -0.138. The van der Waals surface area contributed by atoms with Gasteiger partial charge in [0, 0.05) is 19.0 Å². The fourth-order valence-electron chi connectivity index (χ4n) is 3.48. The predicted octanol–water partition coefficient (Wildman–Crippen LogP) is 3.31. The van der Waals surface area contributed by atoms with Crippen molar-refractivity contribution in [1.82, 2.24) is 4.90 Å². The highest BCUT2D eigenvalue weighted by atomic mass is 19.4. The van der Waals surface area contributed by atoms with Gasteiger partial charge in [0.1, 0.15) is 18.0 Å². The van der Waals surface area contributed by atoms with E-state index in [1.165, 1.54) is 31.3 Å². The maximum absolute atomic E-state index is 12.9. The molecule has 1 heterocycles. The molecule has 6 nitrogen and oxygen atoms in total. The van der Waals surface area contributed by atoms with E-state index >= 15 is 0 Å². The number of β-amino-alcohol motifs (C(OH)–C–C–N with tert-alkyl or cyclic N) is 1. The molecule has 0 saturated carbocycles. The largest absolute Gasteiger partial charge is 0.493 e. The molecule has 1 amide bonds. The molecule has 1 aliphatic heterocycles. The number of hydrogen-bond donors (Lipinski definition) is 1. The Bertz CT molecular complexity index is 918. The molecule has 0 aliphatic carbocycles. The van der Waals surface area contributed by atoms with Gasteiger partial charge < -0.3 is 24.2 Å². The predicted molar refractivity (Wildman–Crippen MR) is 106 cm³/mol. The minimum Gasteiger partial charge on any atom is -0.493 e. The minimum absolute atomic E-state index is 0.0375. The Kier molecular flexibility index (Phi) is 6.94. The Morgan fingerprint density at radius 1 is 1.13 bits per heavy atom. The number of hydrogen-bond acceptors (Lipinski definition) is 5. The zero-order valence-corrected chi connectivity index (χ0v) is 17.2. The van der Waals surface area contributed by atoms with Gasteiger partial charge in [-0.05, 0) is 23.8 Å². The first-order valence-electron chi connectivity index (χ1n) is 9.72. The highest BCUT2D eigenvalue weighted by Crippen LogP contribution is 2.32. The zero-order chi connectivity index (χ0) is 22.6. The fourth-order valence-corrected chi connectivity index (χ4v) is 3.48. The van der Waals surface area contributed by atoms with Crippen molar-refractivity contribution < 1.29 is 37.3 Å². The number of halogens is 3. The van der Waals surface area contributed by atoms with Gasteiger partial charge in [-0.2, -0.15) is 13.2 Å². The summed E-state index contributed by atoms with van der Waals surface area (Å²) in [6.45, 7) is 0.364. The van der Waals surface area contributed by atoms with Crippen molar-refractivity contribution >= 4 is 5.91 Å². The topological polar surface area (TPSA) is 68.2 Å². The number of aliphatic hydroxyl groups is 1. The summed E-state index contributed by atoms with van der Waals surface area (Å²) >= 11 is 0. The molecule has 31 heavy (non-hydrogen) atoms. The van der Waals surface area contributed by atoms with E-state index in [-0.39, 0.29) is 24.4 Å². The van der Waals surface area contributed by atoms with Crippen LogP contribution in [-0.4, -0.2) is 55.4 Å². The van der Waals surface area contributed by atoms with Crippen molar-refractivity contribution in [3.8, 4) is 17.2 Å². The van der Waals surface area contributed by atoms with Crippen LogP contribution in [-0.2, 0) is 17.4 Å². The highest BCUT2D eigenvalue weighted by molar-refractivity contribution is 5.79. The second-order valence-corrected chi connectivity index (χ2v) is 7.24. The van der Waals surface area contributed by atoms with Crippen molar-refractivity contribution in [2.45, 2.75) is 31.2 Å². The van der Waals surface area contributed by atoms with E-state index in [1.54, 1.807) is 18.2 Å². The summed E-state index contributed by atoms with van der Waals surface area (Å²) < 4.78 is 54.9. The lowest BCUT2D eigenvalue weighted by Crippen LogP contribution is -2.51. The van der Waals surface area contributed by atoms with Crippen LogP contribution >= 0.6 is 0 Å². The number of rotatable bonds is 6. The SMILES string of the molecule is COc1ccc(O[C@@H]2CCN(C(=O)Cc3cccc(C(F)(F)F)c3)C[C@H]2O)cc1OC. The molecule has 0 spiro atoms. The first kappa shape index (κ1) is 22.7. The van der Waals surface area contributed by atoms with Gasteiger partial charge >= 0.3 is 6.18 Å². The second kappa shape index (κ2) is 9.47. The summed E-state index contributed by atoms with van der Waals surface area (Å²) in [7, 11) is 3.03. The Morgan fingerprint density at radius 2 is 1.87 bits per heavy atom. The van der Waals surface area contributed by atoms with Crippen LogP contribution in [0.15, 0.2) is 42.5 Å². The van der Waals surface area contributed by atoms with Gasteiger partial charge in [0.2, 0.25) is 5.91 Å². The van der Waals surface area contributed by atoms with Crippen LogP contribution in [0.2, 0.25) is 0 Å². The first-order valence-corrected chi connectivity index (χ1v) is 9.72. The third-order valence-corrected chi connectivity index (χ3v) is 5.12.